The fourth-order valence-electron chi connectivity index (χ4n) is 2.73. The molecule has 1 aromatic rings. The number of methoxy groups -OCH3 is 1. The number of hydrogen-bond acceptors (Lipinski definition) is 2. The van der Waals surface area contributed by atoms with Crippen molar-refractivity contribution in [3.8, 4) is 0 Å². The van der Waals surface area contributed by atoms with Crippen LogP contribution in [0.5, 0.6) is 0 Å². The van der Waals surface area contributed by atoms with E-state index in [0.29, 0.717) is 6.04 Å². The second kappa shape index (κ2) is 7.95. The highest BCUT2D eigenvalue weighted by Gasteiger charge is 2.18. The minimum absolute atomic E-state index is 0.209. The van der Waals surface area contributed by atoms with Crippen LogP contribution >= 0.6 is 0 Å². The fraction of sp³-hybridized carbons (Fsp3) is 0.684. The highest BCUT2D eigenvalue weighted by atomic mass is 16.5. The van der Waals surface area contributed by atoms with Crippen molar-refractivity contribution in [2.75, 3.05) is 20.3 Å². The Labute approximate surface area is 131 Å². The molecule has 120 valence electrons. The first-order chi connectivity index (χ1) is 9.79. The predicted octanol–water partition coefficient (Wildman–Crippen LogP) is 4.16. The van der Waals surface area contributed by atoms with E-state index < -0.39 is 0 Å². The van der Waals surface area contributed by atoms with Crippen LogP contribution in [0.25, 0.3) is 0 Å². The largest absolute Gasteiger partial charge is 0.383 e. The molecule has 1 atom stereocenters. The zero-order chi connectivity index (χ0) is 16.0. The van der Waals surface area contributed by atoms with Gasteiger partial charge in [-0.05, 0) is 60.9 Å². The topological polar surface area (TPSA) is 21.3 Å². The van der Waals surface area contributed by atoms with Crippen molar-refractivity contribution in [1.29, 1.82) is 0 Å². The maximum absolute atomic E-state index is 5.37. The van der Waals surface area contributed by atoms with Crippen molar-refractivity contribution in [3.05, 3.63) is 34.4 Å². The van der Waals surface area contributed by atoms with Gasteiger partial charge in [-0.25, -0.2) is 0 Å². The van der Waals surface area contributed by atoms with Crippen molar-refractivity contribution in [3.63, 3.8) is 0 Å². The molecule has 0 fully saturated rings. The number of benzene rings is 1. The molecule has 1 aromatic carbocycles. The summed E-state index contributed by atoms with van der Waals surface area (Å²) < 4.78 is 5.37. The minimum Gasteiger partial charge on any atom is -0.383 e. The van der Waals surface area contributed by atoms with E-state index in [1.54, 1.807) is 7.11 Å². The van der Waals surface area contributed by atoms with Crippen LogP contribution in [0, 0.1) is 13.8 Å². The third kappa shape index (κ3) is 5.44. The summed E-state index contributed by atoms with van der Waals surface area (Å²) in [6.07, 6.45) is 2.19. The summed E-state index contributed by atoms with van der Waals surface area (Å²) in [5, 5.41) is 3.59. The minimum atomic E-state index is 0.209. The number of ether oxygens (including phenoxy) is 1. The SMILES string of the molecule is CCCNC(COC)Cc1c(C)cc(C(C)(C)C)cc1C. The Balaban J connectivity index is 2.96. The highest BCUT2D eigenvalue weighted by molar-refractivity contribution is 5.41. The van der Waals surface area contributed by atoms with Gasteiger partial charge in [-0.2, -0.15) is 0 Å². The van der Waals surface area contributed by atoms with Crippen LogP contribution < -0.4 is 5.32 Å². The molecule has 21 heavy (non-hydrogen) atoms. The first-order valence-corrected chi connectivity index (χ1v) is 8.12. The van der Waals surface area contributed by atoms with Gasteiger partial charge < -0.3 is 10.1 Å². The monoisotopic (exact) mass is 291 g/mol. The Bertz CT molecular complexity index is 422. The quantitative estimate of drug-likeness (QED) is 0.814. The predicted molar refractivity (Wildman–Crippen MR) is 92.3 cm³/mol. The summed E-state index contributed by atoms with van der Waals surface area (Å²) in [4.78, 5) is 0. The van der Waals surface area contributed by atoms with E-state index in [1.807, 2.05) is 0 Å². The second-order valence-corrected chi connectivity index (χ2v) is 7.15. The Hall–Kier alpha value is -0.860. The van der Waals surface area contributed by atoms with E-state index in [0.717, 1.165) is 26.0 Å². The smallest absolute Gasteiger partial charge is 0.0619 e. The molecule has 0 amide bonds. The van der Waals surface area contributed by atoms with Gasteiger partial charge in [0.05, 0.1) is 6.61 Å². The molecule has 0 saturated carbocycles. The van der Waals surface area contributed by atoms with Crippen molar-refractivity contribution in [2.24, 2.45) is 0 Å². The molecule has 0 aliphatic rings. The van der Waals surface area contributed by atoms with Gasteiger partial charge in [0.1, 0.15) is 0 Å². The Morgan fingerprint density at radius 2 is 1.71 bits per heavy atom. The molecule has 0 heterocycles. The summed E-state index contributed by atoms with van der Waals surface area (Å²) in [5.74, 6) is 0. The molecular formula is C19H33NO. The van der Waals surface area contributed by atoms with E-state index in [9.17, 15) is 0 Å². The lowest BCUT2D eigenvalue weighted by atomic mass is 9.83. The molecule has 0 aliphatic carbocycles. The first-order valence-electron chi connectivity index (χ1n) is 8.12. The van der Waals surface area contributed by atoms with E-state index in [-0.39, 0.29) is 5.41 Å². The lowest BCUT2D eigenvalue weighted by molar-refractivity contribution is 0.166. The molecule has 0 bridgehead atoms. The van der Waals surface area contributed by atoms with Crippen molar-refractivity contribution in [1.82, 2.24) is 5.32 Å². The van der Waals surface area contributed by atoms with Crippen molar-refractivity contribution >= 4 is 0 Å². The normalized spacial score (nSPS) is 13.5. The Morgan fingerprint density at radius 3 is 2.14 bits per heavy atom. The molecule has 0 aromatic heterocycles. The molecule has 0 spiro atoms. The molecular weight excluding hydrogens is 258 g/mol. The van der Waals surface area contributed by atoms with Gasteiger partial charge in [0.2, 0.25) is 0 Å². The molecule has 2 nitrogen and oxygen atoms in total. The van der Waals surface area contributed by atoms with Gasteiger partial charge in [0, 0.05) is 13.2 Å². The lowest BCUT2D eigenvalue weighted by Crippen LogP contribution is -2.36. The zero-order valence-electron chi connectivity index (χ0n) is 15.0. The molecule has 0 radical (unpaired) electrons. The van der Waals surface area contributed by atoms with Crippen LogP contribution in [0.15, 0.2) is 12.1 Å². The lowest BCUT2D eigenvalue weighted by Gasteiger charge is -2.24. The van der Waals surface area contributed by atoms with Gasteiger partial charge in [-0.1, -0.05) is 39.8 Å². The van der Waals surface area contributed by atoms with E-state index in [1.165, 1.54) is 22.3 Å². The van der Waals surface area contributed by atoms with E-state index in [2.05, 4.69) is 59.0 Å². The van der Waals surface area contributed by atoms with Crippen LogP contribution in [-0.4, -0.2) is 26.3 Å². The zero-order valence-corrected chi connectivity index (χ0v) is 15.0. The van der Waals surface area contributed by atoms with Gasteiger partial charge in [-0.3, -0.25) is 0 Å². The summed E-state index contributed by atoms with van der Waals surface area (Å²) in [7, 11) is 1.78. The van der Waals surface area contributed by atoms with Gasteiger partial charge >= 0.3 is 0 Å². The van der Waals surface area contributed by atoms with E-state index in [4.69, 9.17) is 4.74 Å². The summed E-state index contributed by atoms with van der Waals surface area (Å²) in [6.45, 7) is 15.3. The van der Waals surface area contributed by atoms with Crippen LogP contribution in [0.1, 0.15) is 56.4 Å². The average Bonchev–Trinajstić information content (AvgIpc) is 2.38. The summed E-state index contributed by atoms with van der Waals surface area (Å²) >= 11 is 0. The van der Waals surface area contributed by atoms with Crippen molar-refractivity contribution < 1.29 is 4.74 Å². The third-order valence-electron chi connectivity index (χ3n) is 4.06. The third-order valence-corrected chi connectivity index (χ3v) is 4.06. The average molecular weight is 291 g/mol. The molecule has 2 heteroatoms. The molecule has 0 aliphatic heterocycles. The van der Waals surface area contributed by atoms with Gasteiger partial charge in [0.15, 0.2) is 0 Å². The number of nitrogens with one attached hydrogen (secondary N) is 1. The van der Waals surface area contributed by atoms with Crippen LogP contribution in [0.4, 0.5) is 0 Å². The Morgan fingerprint density at radius 1 is 1.14 bits per heavy atom. The summed E-state index contributed by atoms with van der Waals surface area (Å²) in [6, 6.07) is 5.10. The molecule has 1 N–H and O–H groups in total. The van der Waals surface area contributed by atoms with Crippen molar-refractivity contribution in [2.45, 2.75) is 65.8 Å². The fourth-order valence-corrected chi connectivity index (χ4v) is 2.73. The second-order valence-electron chi connectivity index (χ2n) is 7.15. The van der Waals surface area contributed by atoms with Crippen LogP contribution in [0.3, 0.4) is 0 Å². The maximum Gasteiger partial charge on any atom is 0.0619 e. The Kier molecular flexibility index (Phi) is 6.89. The van der Waals surface area contributed by atoms with E-state index >= 15 is 0 Å². The van der Waals surface area contributed by atoms with Gasteiger partial charge in [0.25, 0.3) is 0 Å². The van der Waals surface area contributed by atoms with Gasteiger partial charge in [-0.15, -0.1) is 0 Å². The highest BCUT2D eigenvalue weighted by Crippen LogP contribution is 2.27. The van der Waals surface area contributed by atoms with Crippen LogP contribution in [0.2, 0.25) is 0 Å². The number of rotatable bonds is 7. The molecule has 1 rings (SSSR count). The first kappa shape index (κ1) is 18.2. The number of hydrogen-bond donors (Lipinski definition) is 1. The molecule has 0 saturated heterocycles. The summed E-state index contributed by atoms with van der Waals surface area (Å²) in [5.41, 5.74) is 5.90. The number of aryl methyl sites for hydroxylation is 2. The molecule has 1 unspecified atom stereocenters. The van der Waals surface area contributed by atoms with Crippen LogP contribution in [-0.2, 0) is 16.6 Å². The standard InChI is InChI=1S/C19H33NO/c1-8-9-20-17(13-21-7)12-18-14(2)10-16(11-15(18)3)19(4,5)6/h10-11,17,20H,8-9,12-13H2,1-7H3. The maximum atomic E-state index is 5.37.